The molecule has 0 aliphatic carbocycles. The molecular formula is C19H20N4O7. The minimum Gasteiger partial charge on any atom is -0.480 e. The molecule has 1 aromatic carbocycles. The number of benzene rings is 1. The monoisotopic (exact) mass is 416 g/mol. The summed E-state index contributed by atoms with van der Waals surface area (Å²) in [4.78, 5) is 73.0. The molecule has 1 aromatic rings. The number of nitrogens with zero attached hydrogens (tertiary/aromatic N) is 1. The van der Waals surface area contributed by atoms with Crippen molar-refractivity contribution in [3.05, 3.63) is 34.9 Å². The van der Waals surface area contributed by atoms with E-state index in [1.54, 1.807) is 19.1 Å². The number of piperidine rings is 1. The van der Waals surface area contributed by atoms with E-state index in [0.29, 0.717) is 5.56 Å². The van der Waals surface area contributed by atoms with E-state index >= 15 is 0 Å². The molecule has 0 aromatic heterocycles. The molecule has 30 heavy (non-hydrogen) atoms. The van der Waals surface area contributed by atoms with E-state index in [2.05, 4.69) is 16.0 Å². The highest BCUT2D eigenvalue weighted by Crippen LogP contribution is 2.29. The van der Waals surface area contributed by atoms with Gasteiger partial charge >= 0.3 is 12.0 Å². The Hall–Kier alpha value is -3.76. The number of imide groups is 2. The average Bonchev–Trinajstić information content (AvgIpc) is 2.95. The van der Waals surface area contributed by atoms with E-state index in [1.807, 2.05) is 0 Å². The van der Waals surface area contributed by atoms with E-state index < -0.39 is 47.7 Å². The van der Waals surface area contributed by atoms with Crippen molar-refractivity contribution in [2.45, 2.75) is 44.8 Å². The standard InChI is InChI=1S/C19H20N4O7/c1-2-11(18(28)29)21-19(30)20-8-9-4-3-5-10-14(9)17(27)23(16(10)26)12-6-7-13(24)22-15(12)25/h3-5,11-12H,2,6-8H2,1H3,(H,28,29)(H2,20,21,30)(H,22,24,25). The maximum atomic E-state index is 12.9. The first kappa shape index (κ1) is 21.0. The number of hydrogen-bond acceptors (Lipinski definition) is 6. The highest BCUT2D eigenvalue weighted by atomic mass is 16.4. The van der Waals surface area contributed by atoms with Gasteiger partial charge in [0.25, 0.3) is 11.8 Å². The minimum atomic E-state index is -1.17. The van der Waals surface area contributed by atoms with Gasteiger partial charge in [-0.3, -0.25) is 29.4 Å². The molecule has 3 rings (SSSR count). The smallest absolute Gasteiger partial charge is 0.326 e. The van der Waals surface area contributed by atoms with Crippen LogP contribution in [0.2, 0.25) is 0 Å². The molecule has 158 valence electrons. The maximum Gasteiger partial charge on any atom is 0.326 e. The van der Waals surface area contributed by atoms with Gasteiger partial charge in [0.1, 0.15) is 12.1 Å². The lowest BCUT2D eigenvalue weighted by Gasteiger charge is -2.27. The van der Waals surface area contributed by atoms with Crippen LogP contribution in [0.3, 0.4) is 0 Å². The molecule has 2 aliphatic heterocycles. The highest BCUT2D eigenvalue weighted by molar-refractivity contribution is 6.24. The van der Waals surface area contributed by atoms with Crippen LogP contribution in [0.15, 0.2) is 18.2 Å². The number of amides is 6. The molecule has 0 saturated carbocycles. The molecule has 2 aliphatic rings. The molecule has 0 spiro atoms. The zero-order chi connectivity index (χ0) is 22.0. The van der Waals surface area contributed by atoms with Crippen molar-refractivity contribution in [3.8, 4) is 0 Å². The second-order valence-electron chi connectivity index (χ2n) is 6.91. The molecule has 2 heterocycles. The Labute approximate surface area is 170 Å². The van der Waals surface area contributed by atoms with Gasteiger partial charge in [-0.15, -0.1) is 0 Å². The fourth-order valence-corrected chi connectivity index (χ4v) is 3.46. The molecule has 11 heteroatoms. The lowest BCUT2D eigenvalue weighted by Crippen LogP contribution is -2.54. The van der Waals surface area contributed by atoms with Crippen molar-refractivity contribution in [1.29, 1.82) is 0 Å². The molecule has 6 amide bonds. The summed E-state index contributed by atoms with van der Waals surface area (Å²) < 4.78 is 0. The van der Waals surface area contributed by atoms with E-state index in [-0.39, 0.29) is 36.9 Å². The van der Waals surface area contributed by atoms with E-state index in [4.69, 9.17) is 5.11 Å². The summed E-state index contributed by atoms with van der Waals surface area (Å²) in [5.41, 5.74) is 0.512. The lowest BCUT2D eigenvalue weighted by molar-refractivity contribution is -0.139. The van der Waals surface area contributed by atoms with Crippen molar-refractivity contribution in [2.24, 2.45) is 0 Å². The summed E-state index contributed by atoms with van der Waals surface area (Å²) in [5, 5.41) is 15.9. The fraction of sp³-hybridized carbons (Fsp3) is 0.368. The van der Waals surface area contributed by atoms with Gasteiger partial charge in [-0.05, 0) is 24.5 Å². The van der Waals surface area contributed by atoms with E-state index in [9.17, 15) is 28.8 Å². The summed E-state index contributed by atoms with van der Waals surface area (Å²) in [6, 6.07) is 1.66. The lowest BCUT2D eigenvalue weighted by atomic mass is 10.0. The normalized spacial score (nSPS) is 19.2. The summed E-state index contributed by atoms with van der Waals surface area (Å²) in [7, 11) is 0. The topological polar surface area (TPSA) is 162 Å². The molecule has 4 N–H and O–H groups in total. The number of hydrogen-bond donors (Lipinski definition) is 4. The van der Waals surface area contributed by atoms with Crippen LogP contribution in [-0.2, 0) is 20.9 Å². The largest absolute Gasteiger partial charge is 0.480 e. The van der Waals surface area contributed by atoms with Crippen molar-refractivity contribution >= 4 is 35.6 Å². The Bertz CT molecular complexity index is 958. The molecule has 11 nitrogen and oxygen atoms in total. The SMILES string of the molecule is CCC(NC(=O)NCc1cccc2c1C(=O)N(C1CCC(=O)NC1=O)C2=O)C(=O)O. The van der Waals surface area contributed by atoms with Crippen LogP contribution in [0.4, 0.5) is 4.79 Å². The van der Waals surface area contributed by atoms with E-state index in [0.717, 1.165) is 4.90 Å². The van der Waals surface area contributed by atoms with Gasteiger partial charge < -0.3 is 15.7 Å². The predicted molar refractivity (Wildman–Crippen MR) is 100 cm³/mol. The van der Waals surface area contributed by atoms with Gasteiger partial charge in [0.15, 0.2) is 0 Å². The van der Waals surface area contributed by atoms with Crippen LogP contribution in [0.25, 0.3) is 0 Å². The average molecular weight is 416 g/mol. The second kappa shape index (κ2) is 8.31. The minimum absolute atomic E-state index is 0.0145. The number of carbonyl (C=O) groups is 6. The molecule has 0 bridgehead atoms. The third-order valence-corrected chi connectivity index (χ3v) is 5.01. The van der Waals surface area contributed by atoms with Crippen molar-refractivity contribution < 1.29 is 33.9 Å². The quantitative estimate of drug-likeness (QED) is 0.465. The molecule has 0 radical (unpaired) electrons. The Morgan fingerprint density at radius 3 is 2.60 bits per heavy atom. The highest BCUT2D eigenvalue weighted by Gasteiger charge is 2.45. The number of urea groups is 1. The van der Waals surface area contributed by atoms with Crippen LogP contribution in [0.1, 0.15) is 52.5 Å². The Kier molecular flexibility index (Phi) is 5.81. The Balaban J connectivity index is 1.77. The number of aliphatic carboxylic acids is 1. The van der Waals surface area contributed by atoms with Gasteiger partial charge in [0.2, 0.25) is 11.8 Å². The van der Waals surface area contributed by atoms with Crippen LogP contribution in [-0.4, -0.2) is 57.7 Å². The van der Waals surface area contributed by atoms with E-state index in [1.165, 1.54) is 6.07 Å². The van der Waals surface area contributed by atoms with Gasteiger partial charge in [-0.25, -0.2) is 9.59 Å². The third kappa shape index (κ3) is 3.86. The van der Waals surface area contributed by atoms with Crippen molar-refractivity contribution in [1.82, 2.24) is 20.9 Å². The van der Waals surface area contributed by atoms with Gasteiger partial charge in [-0.1, -0.05) is 19.1 Å². The Morgan fingerprint density at radius 1 is 1.23 bits per heavy atom. The molecule has 2 unspecified atom stereocenters. The molecule has 2 atom stereocenters. The first-order chi connectivity index (χ1) is 14.2. The number of carboxylic acid groups (broad SMARTS) is 1. The summed E-state index contributed by atoms with van der Waals surface area (Å²) in [6.45, 7) is 1.48. The molecule has 1 saturated heterocycles. The van der Waals surface area contributed by atoms with Crippen LogP contribution in [0.5, 0.6) is 0 Å². The predicted octanol–water partition coefficient (Wildman–Crippen LogP) is -0.250. The van der Waals surface area contributed by atoms with Crippen molar-refractivity contribution in [2.75, 3.05) is 0 Å². The summed E-state index contributed by atoms with van der Waals surface area (Å²) in [5.74, 6) is -3.67. The van der Waals surface area contributed by atoms with Crippen molar-refractivity contribution in [3.63, 3.8) is 0 Å². The summed E-state index contributed by atoms with van der Waals surface area (Å²) in [6.07, 6.45) is 0.248. The van der Waals surface area contributed by atoms with Gasteiger partial charge in [-0.2, -0.15) is 0 Å². The number of fused-ring (bicyclic) bond motifs is 1. The first-order valence-electron chi connectivity index (χ1n) is 9.35. The third-order valence-electron chi connectivity index (χ3n) is 5.01. The number of nitrogens with one attached hydrogen (secondary N) is 3. The second-order valence-corrected chi connectivity index (χ2v) is 6.91. The van der Waals surface area contributed by atoms with Crippen LogP contribution >= 0.6 is 0 Å². The van der Waals surface area contributed by atoms with Crippen LogP contribution < -0.4 is 16.0 Å². The molecular weight excluding hydrogens is 396 g/mol. The summed E-state index contributed by atoms with van der Waals surface area (Å²) >= 11 is 0. The maximum absolute atomic E-state index is 12.9. The van der Waals surface area contributed by atoms with Crippen LogP contribution in [0, 0.1) is 0 Å². The fourth-order valence-electron chi connectivity index (χ4n) is 3.46. The zero-order valence-corrected chi connectivity index (χ0v) is 16.1. The number of carboxylic acids is 1. The zero-order valence-electron chi connectivity index (χ0n) is 16.1. The van der Waals surface area contributed by atoms with Gasteiger partial charge in [0.05, 0.1) is 11.1 Å². The molecule has 1 fully saturated rings. The van der Waals surface area contributed by atoms with Gasteiger partial charge in [0, 0.05) is 13.0 Å². The number of rotatable bonds is 6. The first-order valence-corrected chi connectivity index (χ1v) is 9.35. The Morgan fingerprint density at radius 2 is 1.97 bits per heavy atom. The number of carbonyl (C=O) groups excluding carboxylic acids is 5.